The van der Waals surface area contributed by atoms with Crippen LogP contribution in [-0.2, 0) is 20.8 Å². The molecule has 18 heavy (non-hydrogen) atoms. The van der Waals surface area contributed by atoms with Gasteiger partial charge in [-0.15, -0.1) is 11.3 Å². The molecule has 0 aliphatic heterocycles. The first-order chi connectivity index (χ1) is 8.38. The lowest BCUT2D eigenvalue weighted by molar-refractivity contribution is -0.137. The van der Waals surface area contributed by atoms with Crippen molar-refractivity contribution in [1.82, 2.24) is 9.88 Å². The Balaban J connectivity index is 2.69. The zero-order chi connectivity index (χ0) is 13.7. The van der Waals surface area contributed by atoms with E-state index in [1.807, 2.05) is 0 Å². The number of carbonyl (C=O) groups is 3. The van der Waals surface area contributed by atoms with Gasteiger partial charge in [-0.1, -0.05) is 0 Å². The van der Waals surface area contributed by atoms with Gasteiger partial charge in [-0.25, -0.2) is 4.98 Å². The average molecular weight is 271 g/mol. The maximum absolute atomic E-state index is 11.8. The topological polar surface area (TPSA) is 145 Å². The Bertz CT molecular complexity index is 457. The van der Waals surface area contributed by atoms with Crippen LogP contribution in [0.25, 0.3) is 0 Å². The van der Waals surface area contributed by atoms with Crippen molar-refractivity contribution in [3.8, 4) is 0 Å². The zero-order valence-corrected chi connectivity index (χ0v) is 10.3. The largest absolute Gasteiger partial charge is 0.375 e. The monoisotopic (exact) mass is 271 g/mol. The molecule has 0 saturated carbocycles. The van der Waals surface area contributed by atoms with Gasteiger partial charge in [0.05, 0.1) is 25.2 Å². The fraction of sp³-hybridized carbons (Fsp3) is 0.333. The molecule has 1 aromatic rings. The van der Waals surface area contributed by atoms with E-state index < -0.39 is 17.7 Å². The highest BCUT2D eigenvalue weighted by molar-refractivity contribution is 7.13. The molecule has 0 radical (unpaired) electrons. The number of thiazole rings is 1. The van der Waals surface area contributed by atoms with E-state index in [-0.39, 0.29) is 19.5 Å². The van der Waals surface area contributed by atoms with Gasteiger partial charge in [-0.2, -0.15) is 0 Å². The fourth-order valence-corrected chi connectivity index (χ4v) is 1.84. The van der Waals surface area contributed by atoms with Gasteiger partial charge in [0, 0.05) is 5.38 Å². The summed E-state index contributed by atoms with van der Waals surface area (Å²) in [7, 11) is 0. The molecule has 0 aliphatic rings. The Morgan fingerprint density at radius 3 is 2.17 bits per heavy atom. The van der Waals surface area contributed by atoms with Crippen LogP contribution in [0, 0.1) is 0 Å². The van der Waals surface area contributed by atoms with E-state index in [9.17, 15) is 14.4 Å². The molecule has 9 heteroatoms. The molecule has 1 aromatic heterocycles. The molecule has 0 fully saturated rings. The van der Waals surface area contributed by atoms with Crippen molar-refractivity contribution in [2.24, 2.45) is 11.5 Å². The minimum atomic E-state index is -0.720. The molecule has 0 atom stereocenters. The summed E-state index contributed by atoms with van der Waals surface area (Å²) < 4.78 is 0. The highest BCUT2D eigenvalue weighted by Gasteiger charge is 2.19. The molecule has 0 spiro atoms. The van der Waals surface area contributed by atoms with Gasteiger partial charge in [0.15, 0.2) is 5.13 Å². The smallest absolute Gasteiger partial charge is 0.237 e. The molecule has 6 N–H and O–H groups in total. The first-order valence-electron chi connectivity index (χ1n) is 4.92. The second-order valence-corrected chi connectivity index (χ2v) is 4.43. The summed E-state index contributed by atoms with van der Waals surface area (Å²) in [6.07, 6.45) is -0.0613. The molecule has 3 amide bonds. The summed E-state index contributed by atoms with van der Waals surface area (Å²) >= 11 is 1.20. The van der Waals surface area contributed by atoms with Gasteiger partial charge >= 0.3 is 0 Å². The summed E-state index contributed by atoms with van der Waals surface area (Å²) in [4.78, 5) is 38.3. The van der Waals surface area contributed by atoms with Gasteiger partial charge in [-0.3, -0.25) is 14.4 Å². The Hall–Kier alpha value is -2.16. The first kappa shape index (κ1) is 13.9. The van der Waals surface area contributed by atoms with Crippen molar-refractivity contribution >= 4 is 34.2 Å². The summed E-state index contributed by atoms with van der Waals surface area (Å²) in [5.41, 5.74) is 15.9. The number of nitrogens with zero attached hydrogens (tertiary/aromatic N) is 2. The van der Waals surface area contributed by atoms with E-state index in [1.165, 1.54) is 11.3 Å². The number of rotatable bonds is 6. The third-order valence-corrected chi connectivity index (χ3v) is 2.67. The maximum atomic E-state index is 11.8. The van der Waals surface area contributed by atoms with Crippen molar-refractivity contribution in [2.45, 2.75) is 6.42 Å². The quantitative estimate of drug-likeness (QED) is 0.551. The Morgan fingerprint density at radius 2 is 1.78 bits per heavy atom. The van der Waals surface area contributed by atoms with E-state index in [0.717, 1.165) is 4.90 Å². The molecule has 0 aromatic carbocycles. The summed E-state index contributed by atoms with van der Waals surface area (Å²) in [5, 5.41) is 1.97. The van der Waals surface area contributed by atoms with Crippen molar-refractivity contribution in [2.75, 3.05) is 18.8 Å². The molecule has 1 heterocycles. The van der Waals surface area contributed by atoms with Gasteiger partial charge in [0.1, 0.15) is 0 Å². The van der Waals surface area contributed by atoms with Gasteiger partial charge in [0.25, 0.3) is 0 Å². The molecule has 0 bridgehead atoms. The van der Waals surface area contributed by atoms with Crippen LogP contribution < -0.4 is 17.2 Å². The van der Waals surface area contributed by atoms with E-state index in [4.69, 9.17) is 17.2 Å². The van der Waals surface area contributed by atoms with Crippen molar-refractivity contribution in [1.29, 1.82) is 0 Å². The van der Waals surface area contributed by atoms with E-state index in [2.05, 4.69) is 4.98 Å². The molecule has 1 rings (SSSR count). The Morgan fingerprint density at radius 1 is 1.22 bits per heavy atom. The average Bonchev–Trinajstić information content (AvgIpc) is 2.61. The highest BCUT2D eigenvalue weighted by Crippen LogP contribution is 2.12. The Labute approximate surface area is 107 Å². The minimum Gasteiger partial charge on any atom is -0.375 e. The summed E-state index contributed by atoms with van der Waals surface area (Å²) in [6, 6.07) is 0. The lowest BCUT2D eigenvalue weighted by Gasteiger charge is -2.18. The van der Waals surface area contributed by atoms with Crippen molar-refractivity contribution in [3.63, 3.8) is 0 Å². The van der Waals surface area contributed by atoms with Crippen LogP contribution >= 0.6 is 11.3 Å². The normalized spacial score (nSPS) is 10.0. The van der Waals surface area contributed by atoms with Crippen LogP contribution in [0.4, 0.5) is 5.13 Å². The third-order valence-electron chi connectivity index (χ3n) is 1.95. The maximum Gasteiger partial charge on any atom is 0.237 e. The first-order valence-corrected chi connectivity index (χ1v) is 5.80. The molecule has 8 nitrogen and oxygen atoms in total. The number of nitrogen functional groups attached to an aromatic ring is 1. The fourth-order valence-electron chi connectivity index (χ4n) is 1.28. The van der Waals surface area contributed by atoms with Crippen LogP contribution in [0.3, 0.4) is 0 Å². The highest BCUT2D eigenvalue weighted by atomic mass is 32.1. The predicted molar refractivity (Wildman–Crippen MR) is 65.2 cm³/mol. The SMILES string of the molecule is NC(=O)CN(CC(N)=O)C(=O)Cc1csc(N)n1. The molecule has 0 saturated heterocycles. The van der Waals surface area contributed by atoms with Crippen molar-refractivity contribution < 1.29 is 14.4 Å². The second kappa shape index (κ2) is 5.96. The van der Waals surface area contributed by atoms with E-state index >= 15 is 0 Å². The van der Waals surface area contributed by atoms with Crippen molar-refractivity contribution in [3.05, 3.63) is 11.1 Å². The summed E-state index contributed by atoms with van der Waals surface area (Å²) in [6.45, 7) is -0.719. The number of aromatic nitrogens is 1. The Kier molecular flexibility index (Phi) is 4.60. The van der Waals surface area contributed by atoms with E-state index in [0.29, 0.717) is 10.8 Å². The van der Waals surface area contributed by atoms with Crippen LogP contribution in [0.1, 0.15) is 5.69 Å². The minimum absolute atomic E-state index is 0.0613. The number of hydrogen-bond acceptors (Lipinski definition) is 6. The standard InChI is InChI=1S/C9H13N5O3S/c10-6(15)2-14(3-7(11)16)8(17)1-5-4-18-9(12)13-5/h4H,1-3H2,(H2,10,15)(H2,11,16)(H2,12,13). The summed E-state index contributed by atoms with van der Waals surface area (Å²) in [5.74, 6) is -1.90. The molecule has 0 unspecified atom stereocenters. The van der Waals surface area contributed by atoms with Crippen LogP contribution in [0.15, 0.2) is 5.38 Å². The number of nitrogens with two attached hydrogens (primary N) is 3. The zero-order valence-electron chi connectivity index (χ0n) is 9.46. The molecule has 0 aliphatic carbocycles. The number of amides is 3. The van der Waals surface area contributed by atoms with Crippen LogP contribution in [0.5, 0.6) is 0 Å². The second-order valence-electron chi connectivity index (χ2n) is 3.54. The predicted octanol–water partition coefficient (Wildman–Crippen LogP) is -1.93. The number of carbonyl (C=O) groups excluding carboxylic acids is 3. The number of hydrogen-bond donors (Lipinski definition) is 3. The lowest BCUT2D eigenvalue weighted by Crippen LogP contribution is -2.44. The molecular formula is C9H13N5O3S. The third kappa shape index (κ3) is 4.37. The van der Waals surface area contributed by atoms with E-state index in [1.54, 1.807) is 5.38 Å². The van der Waals surface area contributed by atoms with Gasteiger partial charge in [0.2, 0.25) is 17.7 Å². The number of primary amides is 2. The number of anilines is 1. The molecular weight excluding hydrogens is 258 g/mol. The van der Waals surface area contributed by atoms with Gasteiger partial charge in [-0.05, 0) is 0 Å². The van der Waals surface area contributed by atoms with Crippen LogP contribution in [0.2, 0.25) is 0 Å². The lowest BCUT2D eigenvalue weighted by atomic mass is 10.3. The van der Waals surface area contributed by atoms with Gasteiger partial charge < -0.3 is 22.1 Å². The molecule has 98 valence electrons. The van der Waals surface area contributed by atoms with Crippen LogP contribution in [-0.4, -0.2) is 40.7 Å².